The standard InChI is InChI=1S/C23H18Br2N2O/c24-17-7-1-4-14(11-17)10-16-6-3-9-19-21(15-5-2-8-18(25)12-15)20(13-26)23(27)28-22(16)19/h1-2,4-5,7-8,10-12,21H,3,6,9,27H2. The maximum atomic E-state index is 9.76. The van der Waals surface area contributed by atoms with Crippen LogP contribution >= 0.6 is 31.9 Å². The van der Waals surface area contributed by atoms with Gasteiger partial charge in [0.25, 0.3) is 0 Å². The van der Waals surface area contributed by atoms with Gasteiger partial charge < -0.3 is 10.5 Å². The second kappa shape index (κ2) is 7.98. The van der Waals surface area contributed by atoms with Gasteiger partial charge in [0.15, 0.2) is 0 Å². The minimum atomic E-state index is -0.169. The maximum Gasteiger partial charge on any atom is 0.205 e. The molecule has 0 spiro atoms. The van der Waals surface area contributed by atoms with Gasteiger partial charge in [-0.3, -0.25) is 0 Å². The Morgan fingerprint density at radius 3 is 2.54 bits per heavy atom. The summed E-state index contributed by atoms with van der Waals surface area (Å²) in [5.41, 5.74) is 11.1. The number of hydrogen-bond acceptors (Lipinski definition) is 3. The zero-order valence-corrected chi connectivity index (χ0v) is 18.3. The van der Waals surface area contributed by atoms with Crippen LogP contribution in [0, 0.1) is 11.3 Å². The van der Waals surface area contributed by atoms with Crippen molar-refractivity contribution in [3.05, 3.63) is 97.0 Å². The van der Waals surface area contributed by atoms with Crippen molar-refractivity contribution in [2.75, 3.05) is 0 Å². The van der Waals surface area contributed by atoms with E-state index in [1.807, 2.05) is 30.3 Å². The predicted molar refractivity (Wildman–Crippen MR) is 118 cm³/mol. The van der Waals surface area contributed by atoms with Crippen LogP contribution in [0.4, 0.5) is 0 Å². The second-order valence-electron chi connectivity index (χ2n) is 6.91. The summed E-state index contributed by atoms with van der Waals surface area (Å²) in [6, 6.07) is 18.5. The molecule has 1 aliphatic carbocycles. The van der Waals surface area contributed by atoms with Crippen molar-refractivity contribution in [1.82, 2.24) is 0 Å². The quantitative estimate of drug-likeness (QED) is 0.512. The average molecular weight is 498 g/mol. The molecule has 1 heterocycles. The Hall–Kier alpha value is -2.29. The Morgan fingerprint density at radius 1 is 1.07 bits per heavy atom. The molecular weight excluding hydrogens is 480 g/mol. The molecule has 2 N–H and O–H groups in total. The Labute approximate surface area is 181 Å². The zero-order valence-electron chi connectivity index (χ0n) is 15.1. The van der Waals surface area contributed by atoms with Gasteiger partial charge in [-0.1, -0.05) is 56.1 Å². The van der Waals surface area contributed by atoms with Crippen LogP contribution < -0.4 is 5.73 Å². The number of nitrogens with two attached hydrogens (primary N) is 1. The molecule has 2 aliphatic rings. The van der Waals surface area contributed by atoms with Crippen LogP contribution in [-0.4, -0.2) is 0 Å². The molecule has 0 amide bonds. The van der Waals surface area contributed by atoms with Crippen molar-refractivity contribution in [3.8, 4) is 6.07 Å². The van der Waals surface area contributed by atoms with E-state index in [4.69, 9.17) is 10.5 Å². The Kier molecular flexibility index (Phi) is 5.43. The van der Waals surface area contributed by atoms with Gasteiger partial charge in [0.2, 0.25) is 5.88 Å². The fourth-order valence-electron chi connectivity index (χ4n) is 3.90. The molecular formula is C23H18Br2N2O. The first-order valence-corrected chi connectivity index (χ1v) is 10.7. The van der Waals surface area contributed by atoms with Gasteiger partial charge in [-0.15, -0.1) is 0 Å². The van der Waals surface area contributed by atoms with Gasteiger partial charge in [0, 0.05) is 14.9 Å². The smallest absolute Gasteiger partial charge is 0.205 e. The number of benzene rings is 2. The van der Waals surface area contributed by atoms with Crippen LogP contribution in [0.25, 0.3) is 6.08 Å². The third-order valence-electron chi connectivity index (χ3n) is 5.08. The highest BCUT2D eigenvalue weighted by molar-refractivity contribution is 9.10. The summed E-state index contributed by atoms with van der Waals surface area (Å²) >= 11 is 7.07. The largest absolute Gasteiger partial charge is 0.440 e. The molecule has 0 aromatic heterocycles. The van der Waals surface area contributed by atoms with Gasteiger partial charge in [0.05, 0.1) is 0 Å². The Balaban J connectivity index is 1.85. The topological polar surface area (TPSA) is 59.0 Å². The van der Waals surface area contributed by atoms with E-state index in [-0.39, 0.29) is 11.8 Å². The van der Waals surface area contributed by atoms with E-state index in [9.17, 15) is 5.26 Å². The van der Waals surface area contributed by atoms with Crippen LogP contribution in [0.5, 0.6) is 0 Å². The van der Waals surface area contributed by atoms with Gasteiger partial charge in [-0.2, -0.15) is 5.26 Å². The molecule has 0 radical (unpaired) electrons. The van der Waals surface area contributed by atoms with Crippen molar-refractivity contribution in [2.24, 2.45) is 5.73 Å². The fraction of sp³-hybridized carbons (Fsp3) is 0.174. The van der Waals surface area contributed by atoms with Crippen LogP contribution in [0.2, 0.25) is 0 Å². The monoisotopic (exact) mass is 496 g/mol. The van der Waals surface area contributed by atoms with Gasteiger partial charge in [-0.25, -0.2) is 0 Å². The van der Waals surface area contributed by atoms with E-state index < -0.39 is 0 Å². The van der Waals surface area contributed by atoms with Crippen LogP contribution in [0.1, 0.15) is 36.3 Å². The number of allylic oxidation sites excluding steroid dienone is 3. The number of rotatable bonds is 2. The van der Waals surface area contributed by atoms with Crippen molar-refractivity contribution in [3.63, 3.8) is 0 Å². The fourth-order valence-corrected chi connectivity index (χ4v) is 4.73. The minimum absolute atomic E-state index is 0.169. The predicted octanol–water partition coefficient (Wildman–Crippen LogP) is 6.54. The summed E-state index contributed by atoms with van der Waals surface area (Å²) in [5, 5.41) is 9.76. The normalized spacial score (nSPS) is 20.6. The number of halogens is 2. The molecule has 0 bridgehead atoms. The second-order valence-corrected chi connectivity index (χ2v) is 8.74. The van der Waals surface area contributed by atoms with E-state index in [1.54, 1.807) is 0 Å². The number of nitriles is 1. The van der Waals surface area contributed by atoms with Gasteiger partial charge in [-0.05, 0) is 71.9 Å². The van der Waals surface area contributed by atoms with E-state index >= 15 is 0 Å². The van der Waals surface area contributed by atoms with Gasteiger partial charge in [0.1, 0.15) is 17.4 Å². The summed E-state index contributed by atoms with van der Waals surface area (Å²) in [4.78, 5) is 0. The Bertz CT molecular complexity index is 1080. The van der Waals surface area contributed by atoms with Crippen molar-refractivity contribution in [2.45, 2.75) is 25.2 Å². The molecule has 1 unspecified atom stereocenters. The molecule has 1 aliphatic heterocycles. The molecule has 140 valence electrons. The summed E-state index contributed by atoms with van der Waals surface area (Å²) in [6.45, 7) is 0. The van der Waals surface area contributed by atoms with Crippen LogP contribution in [-0.2, 0) is 4.74 Å². The van der Waals surface area contributed by atoms with E-state index in [0.717, 1.165) is 56.2 Å². The third-order valence-corrected chi connectivity index (χ3v) is 6.07. The van der Waals surface area contributed by atoms with Crippen molar-refractivity contribution in [1.29, 1.82) is 5.26 Å². The van der Waals surface area contributed by atoms with Gasteiger partial charge >= 0.3 is 0 Å². The molecule has 2 aromatic carbocycles. The molecule has 3 nitrogen and oxygen atoms in total. The summed E-state index contributed by atoms with van der Waals surface area (Å²) in [5.74, 6) is 0.860. The van der Waals surface area contributed by atoms with Crippen molar-refractivity contribution >= 4 is 37.9 Å². The van der Waals surface area contributed by atoms with E-state index in [0.29, 0.717) is 5.57 Å². The highest BCUT2D eigenvalue weighted by Gasteiger charge is 2.35. The summed E-state index contributed by atoms with van der Waals surface area (Å²) in [6.07, 6.45) is 4.99. The van der Waals surface area contributed by atoms with E-state index in [1.165, 1.54) is 0 Å². The molecule has 1 atom stereocenters. The highest BCUT2D eigenvalue weighted by atomic mass is 79.9. The highest BCUT2D eigenvalue weighted by Crippen LogP contribution is 2.47. The van der Waals surface area contributed by atoms with Crippen LogP contribution in [0.3, 0.4) is 0 Å². The molecule has 4 rings (SSSR count). The molecule has 2 aromatic rings. The molecule has 0 saturated heterocycles. The lowest BCUT2D eigenvalue weighted by Gasteiger charge is -2.33. The maximum absolute atomic E-state index is 9.76. The molecule has 28 heavy (non-hydrogen) atoms. The Morgan fingerprint density at radius 2 is 1.82 bits per heavy atom. The SMILES string of the molecule is N#CC1=C(N)OC2=C(CCCC2=Cc2cccc(Br)c2)C1c1cccc(Br)c1. The van der Waals surface area contributed by atoms with Crippen LogP contribution in [0.15, 0.2) is 85.8 Å². The number of ether oxygens (including phenoxy) is 1. The first-order valence-electron chi connectivity index (χ1n) is 9.09. The molecule has 0 fully saturated rings. The van der Waals surface area contributed by atoms with E-state index in [2.05, 4.69) is 62.2 Å². The lowest BCUT2D eigenvalue weighted by atomic mass is 9.77. The number of hydrogen-bond donors (Lipinski definition) is 1. The minimum Gasteiger partial charge on any atom is -0.440 e. The summed E-state index contributed by atoms with van der Waals surface area (Å²) < 4.78 is 8.03. The average Bonchev–Trinajstić information content (AvgIpc) is 2.67. The lowest BCUT2D eigenvalue weighted by Crippen LogP contribution is -2.23. The number of nitrogens with zero attached hydrogens (tertiary/aromatic N) is 1. The first-order chi connectivity index (χ1) is 13.6. The summed E-state index contributed by atoms with van der Waals surface area (Å²) in [7, 11) is 0. The first kappa shape index (κ1) is 19.0. The molecule has 0 saturated carbocycles. The zero-order chi connectivity index (χ0) is 19.7. The lowest BCUT2D eigenvalue weighted by molar-refractivity contribution is 0.277. The third kappa shape index (κ3) is 3.67. The van der Waals surface area contributed by atoms with Crippen molar-refractivity contribution < 1.29 is 4.74 Å². The molecule has 5 heteroatoms.